The molecule has 0 bridgehead atoms. The summed E-state index contributed by atoms with van der Waals surface area (Å²) in [4.78, 5) is 18.9. The molecule has 2 heterocycles. The number of anilines is 1. The lowest BCUT2D eigenvalue weighted by molar-refractivity contribution is 0.0695. The molecule has 0 saturated carbocycles. The van der Waals surface area contributed by atoms with E-state index in [2.05, 4.69) is 15.3 Å². The van der Waals surface area contributed by atoms with Crippen molar-refractivity contribution in [1.29, 1.82) is 0 Å². The molecular formula is C12H13N3O3. The number of nitrogens with zero attached hydrogens (tertiary/aromatic N) is 2. The second-order valence-corrected chi connectivity index (χ2v) is 3.88. The first-order chi connectivity index (χ1) is 8.58. The number of aryl methyl sites for hydroxylation is 1. The van der Waals surface area contributed by atoms with Gasteiger partial charge < -0.3 is 14.8 Å². The van der Waals surface area contributed by atoms with Crippen molar-refractivity contribution in [2.24, 2.45) is 0 Å². The monoisotopic (exact) mass is 247 g/mol. The van der Waals surface area contributed by atoms with Crippen LogP contribution in [-0.2, 0) is 0 Å². The van der Waals surface area contributed by atoms with Crippen molar-refractivity contribution in [1.82, 2.24) is 9.97 Å². The molecule has 0 aliphatic carbocycles. The molecular weight excluding hydrogens is 234 g/mol. The van der Waals surface area contributed by atoms with Gasteiger partial charge in [0.05, 0.1) is 23.6 Å². The third-order valence-corrected chi connectivity index (χ3v) is 2.53. The van der Waals surface area contributed by atoms with E-state index in [1.54, 1.807) is 19.3 Å². The maximum atomic E-state index is 10.8. The third kappa shape index (κ3) is 2.48. The van der Waals surface area contributed by atoms with Crippen molar-refractivity contribution in [3.8, 4) is 0 Å². The third-order valence-electron chi connectivity index (χ3n) is 2.53. The van der Waals surface area contributed by atoms with Crippen molar-refractivity contribution >= 4 is 11.9 Å². The van der Waals surface area contributed by atoms with Gasteiger partial charge in [-0.2, -0.15) is 0 Å². The number of nitrogens with one attached hydrogen (secondary N) is 1. The molecule has 6 nitrogen and oxygen atoms in total. The van der Waals surface area contributed by atoms with E-state index in [0.29, 0.717) is 11.6 Å². The van der Waals surface area contributed by atoms with E-state index >= 15 is 0 Å². The summed E-state index contributed by atoms with van der Waals surface area (Å²) < 4.78 is 5.25. The van der Waals surface area contributed by atoms with Crippen molar-refractivity contribution in [3.05, 3.63) is 41.6 Å². The molecule has 2 aromatic heterocycles. The first-order valence-corrected chi connectivity index (χ1v) is 5.45. The highest BCUT2D eigenvalue weighted by Crippen LogP contribution is 2.17. The van der Waals surface area contributed by atoms with Gasteiger partial charge in [-0.1, -0.05) is 0 Å². The second-order valence-electron chi connectivity index (χ2n) is 3.88. The van der Waals surface area contributed by atoms with Crippen LogP contribution in [0.1, 0.15) is 34.8 Å². The lowest BCUT2D eigenvalue weighted by Gasteiger charge is -2.11. The molecule has 1 unspecified atom stereocenters. The average molecular weight is 247 g/mol. The minimum atomic E-state index is -1.03. The van der Waals surface area contributed by atoms with Crippen LogP contribution >= 0.6 is 0 Å². The second kappa shape index (κ2) is 4.87. The predicted molar refractivity (Wildman–Crippen MR) is 64.5 cm³/mol. The normalized spacial score (nSPS) is 12.1. The Bertz CT molecular complexity index is 552. The van der Waals surface area contributed by atoms with E-state index in [-0.39, 0.29) is 11.6 Å². The Labute approximate surface area is 104 Å². The fourth-order valence-electron chi connectivity index (χ4n) is 1.55. The van der Waals surface area contributed by atoms with Crippen LogP contribution in [-0.4, -0.2) is 21.0 Å². The molecule has 2 N–H and O–H groups in total. The average Bonchev–Trinajstić information content (AvgIpc) is 2.81. The summed E-state index contributed by atoms with van der Waals surface area (Å²) in [7, 11) is 0. The molecule has 6 heteroatoms. The number of carboxylic acids is 1. The smallest absolute Gasteiger partial charge is 0.339 e. The fraction of sp³-hybridized carbons (Fsp3) is 0.250. The molecule has 2 aromatic rings. The van der Waals surface area contributed by atoms with Gasteiger partial charge in [0, 0.05) is 6.20 Å². The number of furan rings is 1. The summed E-state index contributed by atoms with van der Waals surface area (Å²) >= 11 is 0. The van der Waals surface area contributed by atoms with Gasteiger partial charge in [-0.05, 0) is 26.0 Å². The molecule has 0 amide bonds. The highest BCUT2D eigenvalue weighted by Gasteiger charge is 2.13. The van der Waals surface area contributed by atoms with Crippen LogP contribution < -0.4 is 5.32 Å². The summed E-state index contributed by atoms with van der Waals surface area (Å²) in [5.41, 5.74) is 0.526. The summed E-state index contributed by atoms with van der Waals surface area (Å²) in [6.45, 7) is 3.54. The highest BCUT2D eigenvalue weighted by molar-refractivity contribution is 5.88. The Kier molecular flexibility index (Phi) is 3.27. The van der Waals surface area contributed by atoms with E-state index in [1.807, 2.05) is 13.0 Å². The van der Waals surface area contributed by atoms with Crippen molar-refractivity contribution < 1.29 is 14.3 Å². The molecule has 0 fully saturated rings. The number of carbonyl (C=O) groups is 1. The minimum absolute atomic E-state index is 0.0879. The van der Waals surface area contributed by atoms with Crippen LogP contribution in [0.4, 0.5) is 5.95 Å². The van der Waals surface area contributed by atoms with Crippen LogP contribution in [0.25, 0.3) is 0 Å². The Balaban J connectivity index is 2.15. The first kappa shape index (κ1) is 12.1. The molecule has 0 spiro atoms. The Morgan fingerprint density at radius 3 is 2.89 bits per heavy atom. The zero-order valence-corrected chi connectivity index (χ0v) is 10.0. The van der Waals surface area contributed by atoms with Crippen LogP contribution in [0.2, 0.25) is 0 Å². The summed E-state index contributed by atoms with van der Waals surface area (Å²) in [5.74, 6) is 0.109. The van der Waals surface area contributed by atoms with E-state index < -0.39 is 5.97 Å². The van der Waals surface area contributed by atoms with Crippen molar-refractivity contribution in [3.63, 3.8) is 0 Å². The van der Waals surface area contributed by atoms with Crippen LogP contribution in [0.3, 0.4) is 0 Å². The summed E-state index contributed by atoms with van der Waals surface area (Å²) in [6.07, 6.45) is 2.88. The lowest BCUT2D eigenvalue weighted by Crippen LogP contribution is -2.11. The summed E-state index contributed by atoms with van der Waals surface area (Å²) in [5, 5.41) is 11.9. The number of hydrogen-bond donors (Lipinski definition) is 2. The molecule has 0 aromatic carbocycles. The zero-order chi connectivity index (χ0) is 13.1. The Morgan fingerprint density at radius 2 is 2.33 bits per heavy atom. The number of aromatic carboxylic acids is 1. The fourth-order valence-corrected chi connectivity index (χ4v) is 1.55. The molecule has 0 radical (unpaired) electrons. The number of aromatic nitrogens is 2. The van der Waals surface area contributed by atoms with Gasteiger partial charge in [-0.3, -0.25) is 0 Å². The lowest BCUT2D eigenvalue weighted by atomic mass is 10.2. The van der Waals surface area contributed by atoms with E-state index in [9.17, 15) is 4.79 Å². The van der Waals surface area contributed by atoms with Crippen molar-refractivity contribution in [2.75, 3.05) is 5.32 Å². The maximum absolute atomic E-state index is 10.8. The van der Waals surface area contributed by atoms with E-state index in [1.165, 1.54) is 6.20 Å². The van der Waals surface area contributed by atoms with Gasteiger partial charge in [0.1, 0.15) is 5.76 Å². The predicted octanol–water partition coefficient (Wildman–Crippen LogP) is 2.25. The van der Waals surface area contributed by atoms with E-state index in [4.69, 9.17) is 9.52 Å². The maximum Gasteiger partial charge on any atom is 0.339 e. The molecule has 0 saturated heterocycles. The zero-order valence-electron chi connectivity index (χ0n) is 10.0. The minimum Gasteiger partial charge on any atom is -0.478 e. The van der Waals surface area contributed by atoms with Crippen LogP contribution in [0.15, 0.2) is 29.0 Å². The molecule has 2 rings (SSSR count). The van der Waals surface area contributed by atoms with Gasteiger partial charge in [0.2, 0.25) is 5.95 Å². The number of hydrogen-bond acceptors (Lipinski definition) is 5. The number of carboxylic acid groups (broad SMARTS) is 1. The first-order valence-electron chi connectivity index (χ1n) is 5.45. The molecule has 0 aliphatic rings. The topological polar surface area (TPSA) is 88.3 Å². The Morgan fingerprint density at radius 1 is 1.56 bits per heavy atom. The van der Waals surface area contributed by atoms with E-state index in [0.717, 1.165) is 5.76 Å². The number of rotatable bonds is 4. The Hall–Kier alpha value is -2.37. The van der Waals surface area contributed by atoms with Gasteiger partial charge in [-0.25, -0.2) is 14.8 Å². The van der Waals surface area contributed by atoms with Crippen LogP contribution in [0, 0.1) is 6.92 Å². The molecule has 94 valence electrons. The van der Waals surface area contributed by atoms with Crippen molar-refractivity contribution in [2.45, 2.75) is 19.9 Å². The van der Waals surface area contributed by atoms with Gasteiger partial charge >= 0.3 is 5.97 Å². The molecule has 1 atom stereocenters. The quantitative estimate of drug-likeness (QED) is 0.861. The highest BCUT2D eigenvalue weighted by atomic mass is 16.4. The van der Waals surface area contributed by atoms with Gasteiger partial charge in [0.15, 0.2) is 0 Å². The SMILES string of the molecule is Cc1nc(NC(C)c2ccco2)ncc1C(=O)O. The van der Waals surface area contributed by atoms with Crippen LogP contribution in [0.5, 0.6) is 0 Å². The largest absolute Gasteiger partial charge is 0.478 e. The van der Waals surface area contributed by atoms with Gasteiger partial charge in [-0.15, -0.1) is 0 Å². The summed E-state index contributed by atoms with van der Waals surface area (Å²) in [6, 6.07) is 3.55. The van der Waals surface area contributed by atoms with Gasteiger partial charge in [0.25, 0.3) is 0 Å². The standard InChI is InChI=1S/C12H13N3O3/c1-7-9(11(16)17)6-13-12(14-7)15-8(2)10-4-3-5-18-10/h3-6,8H,1-2H3,(H,16,17)(H,13,14,15). The molecule has 0 aliphatic heterocycles. The molecule has 18 heavy (non-hydrogen) atoms.